The fraction of sp³-hybridized carbons (Fsp3) is 0.250. The van der Waals surface area contributed by atoms with Gasteiger partial charge in [-0.25, -0.2) is 0 Å². The number of aromatic nitrogens is 1. The molecular formula is C12H10BrN. The van der Waals surface area contributed by atoms with Gasteiger partial charge >= 0.3 is 0 Å². The summed E-state index contributed by atoms with van der Waals surface area (Å²) in [4.78, 5) is 4.47. The van der Waals surface area contributed by atoms with Crippen LogP contribution < -0.4 is 0 Å². The molecule has 0 atom stereocenters. The van der Waals surface area contributed by atoms with Crippen molar-refractivity contribution in [3.8, 4) is 0 Å². The van der Waals surface area contributed by atoms with Gasteiger partial charge in [0, 0.05) is 16.1 Å². The molecule has 0 bridgehead atoms. The molecule has 2 heteroatoms. The molecular weight excluding hydrogens is 238 g/mol. The van der Waals surface area contributed by atoms with Crippen molar-refractivity contribution in [1.29, 1.82) is 0 Å². The van der Waals surface area contributed by atoms with Gasteiger partial charge in [-0.2, -0.15) is 0 Å². The second kappa shape index (κ2) is 3.06. The zero-order chi connectivity index (χ0) is 9.54. The maximum absolute atomic E-state index is 4.47. The van der Waals surface area contributed by atoms with Crippen molar-refractivity contribution in [2.24, 2.45) is 0 Å². The monoisotopic (exact) mass is 247 g/mol. The van der Waals surface area contributed by atoms with E-state index in [0.717, 1.165) is 15.9 Å². The molecule has 0 saturated heterocycles. The van der Waals surface area contributed by atoms with Gasteiger partial charge in [0.05, 0.1) is 5.52 Å². The third-order valence-electron chi connectivity index (χ3n) is 2.74. The highest BCUT2D eigenvalue weighted by Gasteiger charge is 2.23. The molecule has 1 aliphatic rings. The van der Waals surface area contributed by atoms with Crippen LogP contribution in [0.1, 0.15) is 24.3 Å². The molecule has 0 spiro atoms. The molecule has 0 N–H and O–H groups in total. The number of benzene rings is 1. The molecule has 0 radical (unpaired) electrons. The summed E-state index contributed by atoms with van der Waals surface area (Å²) in [5.41, 5.74) is 2.47. The first-order valence-electron chi connectivity index (χ1n) is 4.89. The summed E-state index contributed by atoms with van der Waals surface area (Å²) < 4.78 is 1.14. The molecule has 1 aromatic carbocycles. The van der Waals surface area contributed by atoms with E-state index in [2.05, 4.69) is 39.1 Å². The van der Waals surface area contributed by atoms with E-state index >= 15 is 0 Å². The summed E-state index contributed by atoms with van der Waals surface area (Å²) >= 11 is 3.56. The van der Waals surface area contributed by atoms with E-state index in [1.54, 1.807) is 0 Å². The second-order valence-corrected chi connectivity index (χ2v) is 4.70. The molecule has 1 nitrogen and oxygen atoms in total. The predicted octanol–water partition coefficient (Wildman–Crippen LogP) is 3.87. The van der Waals surface area contributed by atoms with E-state index in [0.29, 0.717) is 0 Å². The van der Waals surface area contributed by atoms with Crippen LogP contribution in [0, 0.1) is 0 Å². The van der Waals surface area contributed by atoms with E-state index in [1.807, 2.05) is 12.3 Å². The van der Waals surface area contributed by atoms with Gasteiger partial charge in [-0.05, 0) is 42.5 Å². The van der Waals surface area contributed by atoms with Crippen molar-refractivity contribution in [3.05, 3.63) is 40.5 Å². The van der Waals surface area contributed by atoms with E-state index in [4.69, 9.17) is 0 Å². The van der Waals surface area contributed by atoms with E-state index < -0.39 is 0 Å². The standard InChI is InChI=1S/C12H10BrN/c13-11-2-1-3-12-10(11)6-9(7-14-12)8-4-5-8/h1-3,6-8H,4-5H2. The number of fused-ring (bicyclic) bond motifs is 1. The Morgan fingerprint density at radius 1 is 1.29 bits per heavy atom. The molecule has 2 aromatic rings. The Morgan fingerprint density at radius 3 is 2.93 bits per heavy atom. The predicted molar refractivity (Wildman–Crippen MR) is 61.4 cm³/mol. The Balaban J connectivity index is 2.25. The molecule has 0 unspecified atom stereocenters. The first-order chi connectivity index (χ1) is 6.84. The minimum atomic E-state index is 0.777. The smallest absolute Gasteiger partial charge is 0.0713 e. The van der Waals surface area contributed by atoms with Gasteiger partial charge in [-0.15, -0.1) is 0 Å². The van der Waals surface area contributed by atoms with Crippen LogP contribution in [0.4, 0.5) is 0 Å². The number of hydrogen-bond donors (Lipinski definition) is 0. The highest BCUT2D eigenvalue weighted by Crippen LogP contribution is 2.40. The minimum Gasteiger partial charge on any atom is -0.256 e. The molecule has 0 amide bonds. The lowest BCUT2D eigenvalue weighted by molar-refractivity contribution is 1.11. The fourth-order valence-corrected chi connectivity index (χ4v) is 2.24. The zero-order valence-electron chi connectivity index (χ0n) is 7.70. The van der Waals surface area contributed by atoms with Gasteiger partial charge in [-0.1, -0.05) is 22.0 Å². The Kier molecular flexibility index (Phi) is 1.84. The van der Waals surface area contributed by atoms with Crippen LogP contribution in [0.3, 0.4) is 0 Å². The van der Waals surface area contributed by atoms with Crippen LogP contribution in [-0.4, -0.2) is 4.98 Å². The van der Waals surface area contributed by atoms with Gasteiger partial charge in [0.25, 0.3) is 0 Å². The molecule has 14 heavy (non-hydrogen) atoms. The molecule has 1 fully saturated rings. The Morgan fingerprint density at radius 2 is 2.14 bits per heavy atom. The average Bonchev–Trinajstić information content (AvgIpc) is 3.01. The lowest BCUT2D eigenvalue weighted by Gasteiger charge is -2.02. The summed E-state index contributed by atoms with van der Waals surface area (Å²) in [5.74, 6) is 0.777. The summed E-state index contributed by atoms with van der Waals surface area (Å²) in [6, 6.07) is 8.41. The first-order valence-corrected chi connectivity index (χ1v) is 5.68. The maximum atomic E-state index is 4.47. The molecule has 70 valence electrons. The lowest BCUT2D eigenvalue weighted by atomic mass is 10.1. The van der Waals surface area contributed by atoms with Crippen LogP contribution >= 0.6 is 15.9 Å². The van der Waals surface area contributed by atoms with Gasteiger partial charge in [0.1, 0.15) is 0 Å². The van der Waals surface area contributed by atoms with E-state index in [-0.39, 0.29) is 0 Å². The largest absolute Gasteiger partial charge is 0.256 e. The highest BCUT2D eigenvalue weighted by atomic mass is 79.9. The Hall–Kier alpha value is -0.890. The zero-order valence-corrected chi connectivity index (χ0v) is 9.29. The molecule has 3 rings (SSSR count). The summed E-state index contributed by atoms with van der Waals surface area (Å²) in [7, 11) is 0. The van der Waals surface area contributed by atoms with Crippen molar-refractivity contribution in [2.45, 2.75) is 18.8 Å². The third kappa shape index (κ3) is 1.34. The van der Waals surface area contributed by atoms with Crippen molar-refractivity contribution in [2.75, 3.05) is 0 Å². The Labute approximate surface area is 91.3 Å². The quantitative estimate of drug-likeness (QED) is 0.746. The number of pyridine rings is 1. The van der Waals surface area contributed by atoms with Crippen molar-refractivity contribution in [1.82, 2.24) is 4.98 Å². The number of halogens is 1. The first kappa shape index (κ1) is 8.42. The van der Waals surface area contributed by atoms with E-state index in [9.17, 15) is 0 Å². The molecule has 1 aromatic heterocycles. The summed E-state index contributed by atoms with van der Waals surface area (Å²) in [5, 5.41) is 1.23. The van der Waals surface area contributed by atoms with Gasteiger partial charge in [-0.3, -0.25) is 4.98 Å². The lowest BCUT2D eigenvalue weighted by Crippen LogP contribution is -1.84. The number of rotatable bonds is 1. The van der Waals surface area contributed by atoms with E-state index in [1.165, 1.54) is 23.8 Å². The van der Waals surface area contributed by atoms with Gasteiger partial charge in [0.15, 0.2) is 0 Å². The third-order valence-corrected chi connectivity index (χ3v) is 3.43. The molecule has 1 saturated carbocycles. The van der Waals surface area contributed by atoms with Crippen LogP contribution in [0.15, 0.2) is 34.9 Å². The van der Waals surface area contributed by atoms with Gasteiger partial charge in [0.2, 0.25) is 0 Å². The van der Waals surface area contributed by atoms with Crippen LogP contribution in [-0.2, 0) is 0 Å². The fourth-order valence-electron chi connectivity index (χ4n) is 1.77. The topological polar surface area (TPSA) is 12.9 Å². The minimum absolute atomic E-state index is 0.777. The normalized spacial score (nSPS) is 16.1. The molecule has 1 aliphatic carbocycles. The number of nitrogens with zero attached hydrogens (tertiary/aromatic N) is 1. The average molecular weight is 248 g/mol. The van der Waals surface area contributed by atoms with Crippen molar-refractivity contribution < 1.29 is 0 Å². The van der Waals surface area contributed by atoms with Crippen LogP contribution in [0.25, 0.3) is 10.9 Å². The van der Waals surface area contributed by atoms with Crippen molar-refractivity contribution >= 4 is 26.8 Å². The summed E-state index contributed by atoms with van der Waals surface area (Å²) in [6.07, 6.45) is 4.68. The van der Waals surface area contributed by atoms with Gasteiger partial charge < -0.3 is 0 Å². The molecule has 1 heterocycles. The summed E-state index contributed by atoms with van der Waals surface area (Å²) in [6.45, 7) is 0. The molecule has 0 aliphatic heterocycles. The SMILES string of the molecule is Brc1cccc2ncc(C3CC3)cc12. The Bertz CT molecular complexity index is 489. The highest BCUT2D eigenvalue weighted by molar-refractivity contribution is 9.10. The maximum Gasteiger partial charge on any atom is 0.0713 e. The van der Waals surface area contributed by atoms with Crippen LogP contribution in [0.2, 0.25) is 0 Å². The van der Waals surface area contributed by atoms with Crippen molar-refractivity contribution in [3.63, 3.8) is 0 Å². The van der Waals surface area contributed by atoms with Crippen LogP contribution in [0.5, 0.6) is 0 Å². The second-order valence-electron chi connectivity index (χ2n) is 3.85. The number of hydrogen-bond acceptors (Lipinski definition) is 1.